The number of hydrogen-bond acceptors (Lipinski definition) is 6. The number of hydrogen-bond donors (Lipinski definition) is 1. The number of sulfonamides is 1. The SMILES string of the molecule is CCOc1ccc(N(CC(=O)NCCc2ccc(OC)c(OC)c2)S(C)(=O)=O)cc1. The summed E-state index contributed by atoms with van der Waals surface area (Å²) in [6, 6.07) is 12.1. The predicted octanol–water partition coefficient (Wildman–Crippen LogP) is 2.23. The van der Waals surface area contributed by atoms with Crippen molar-refractivity contribution in [2.75, 3.05) is 44.5 Å². The van der Waals surface area contributed by atoms with Gasteiger partial charge in [0, 0.05) is 6.54 Å². The summed E-state index contributed by atoms with van der Waals surface area (Å²) < 4.78 is 41.3. The number of carbonyl (C=O) groups is 1. The first-order chi connectivity index (χ1) is 14.3. The first-order valence-corrected chi connectivity index (χ1v) is 11.3. The van der Waals surface area contributed by atoms with E-state index in [2.05, 4.69) is 5.32 Å². The number of nitrogens with zero attached hydrogens (tertiary/aromatic N) is 1. The average molecular weight is 437 g/mol. The Hall–Kier alpha value is -2.94. The van der Waals surface area contributed by atoms with Crippen LogP contribution >= 0.6 is 0 Å². The van der Waals surface area contributed by atoms with Crippen LogP contribution in [0.2, 0.25) is 0 Å². The molecule has 9 heteroatoms. The lowest BCUT2D eigenvalue weighted by Crippen LogP contribution is -2.40. The molecule has 0 aliphatic carbocycles. The fraction of sp³-hybridized carbons (Fsp3) is 0.381. The Bertz CT molecular complexity index is 944. The van der Waals surface area contributed by atoms with Crippen LogP contribution < -0.4 is 23.8 Å². The number of ether oxygens (including phenoxy) is 3. The zero-order valence-corrected chi connectivity index (χ0v) is 18.5. The second-order valence-electron chi connectivity index (χ2n) is 6.49. The van der Waals surface area contributed by atoms with E-state index in [-0.39, 0.29) is 6.54 Å². The maximum absolute atomic E-state index is 12.4. The van der Waals surface area contributed by atoms with Crippen LogP contribution in [0.4, 0.5) is 5.69 Å². The molecule has 0 saturated carbocycles. The van der Waals surface area contributed by atoms with Gasteiger partial charge in [0.25, 0.3) is 0 Å². The summed E-state index contributed by atoms with van der Waals surface area (Å²) in [7, 11) is -0.506. The molecule has 0 saturated heterocycles. The van der Waals surface area contributed by atoms with Gasteiger partial charge in [0.2, 0.25) is 15.9 Å². The summed E-state index contributed by atoms with van der Waals surface area (Å²) >= 11 is 0. The molecule has 0 heterocycles. The monoisotopic (exact) mass is 436 g/mol. The number of anilines is 1. The van der Waals surface area contributed by atoms with Gasteiger partial charge in [0.05, 0.1) is 32.8 Å². The molecule has 0 atom stereocenters. The summed E-state index contributed by atoms with van der Waals surface area (Å²) in [5.74, 6) is 1.48. The van der Waals surface area contributed by atoms with E-state index in [0.29, 0.717) is 42.5 Å². The highest BCUT2D eigenvalue weighted by Gasteiger charge is 2.20. The van der Waals surface area contributed by atoms with Crippen LogP contribution in [0.15, 0.2) is 42.5 Å². The summed E-state index contributed by atoms with van der Waals surface area (Å²) in [6.45, 7) is 2.43. The Morgan fingerprint density at radius 3 is 2.27 bits per heavy atom. The summed E-state index contributed by atoms with van der Waals surface area (Å²) in [5, 5.41) is 2.76. The standard InChI is InChI=1S/C21H28N2O6S/c1-5-29-18-9-7-17(8-10-18)23(30(4,25)26)15-21(24)22-13-12-16-6-11-19(27-2)20(14-16)28-3/h6-11,14H,5,12-13,15H2,1-4H3,(H,22,24). The van der Waals surface area contributed by atoms with E-state index in [4.69, 9.17) is 14.2 Å². The lowest BCUT2D eigenvalue weighted by Gasteiger charge is -2.22. The van der Waals surface area contributed by atoms with Gasteiger partial charge in [-0.3, -0.25) is 9.10 Å². The molecular weight excluding hydrogens is 408 g/mol. The summed E-state index contributed by atoms with van der Waals surface area (Å²) in [5.41, 5.74) is 1.36. The van der Waals surface area contributed by atoms with E-state index < -0.39 is 15.9 Å². The first kappa shape index (κ1) is 23.3. The Labute approximate surface area is 177 Å². The lowest BCUT2D eigenvalue weighted by atomic mass is 10.1. The average Bonchev–Trinajstić information content (AvgIpc) is 2.72. The van der Waals surface area contributed by atoms with Crippen molar-refractivity contribution in [3.8, 4) is 17.2 Å². The minimum absolute atomic E-state index is 0.307. The molecular formula is C21H28N2O6S. The number of methoxy groups -OCH3 is 2. The van der Waals surface area contributed by atoms with Gasteiger partial charge in [-0.1, -0.05) is 6.07 Å². The molecule has 0 unspecified atom stereocenters. The second-order valence-corrected chi connectivity index (χ2v) is 8.39. The van der Waals surface area contributed by atoms with Crippen LogP contribution in [0, 0.1) is 0 Å². The highest BCUT2D eigenvalue weighted by atomic mass is 32.2. The predicted molar refractivity (Wildman–Crippen MR) is 116 cm³/mol. The third kappa shape index (κ3) is 6.55. The van der Waals surface area contributed by atoms with Crippen LogP contribution in [-0.4, -0.2) is 54.5 Å². The Morgan fingerprint density at radius 2 is 1.70 bits per heavy atom. The van der Waals surface area contributed by atoms with Crippen LogP contribution in [0.3, 0.4) is 0 Å². The van der Waals surface area contributed by atoms with Gasteiger partial charge < -0.3 is 19.5 Å². The number of rotatable bonds is 11. The third-order valence-corrected chi connectivity index (χ3v) is 5.45. The van der Waals surface area contributed by atoms with Crippen molar-refractivity contribution in [2.45, 2.75) is 13.3 Å². The quantitative estimate of drug-likeness (QED) is 0.581. The van der Waals surface area contributed by atoms with Crippen LogP contribution in [0.5, 0.6) is 17.2 Å². The zero-order valence-electron chi connectivity index (χ0n) is 17.7. The van der Waals surface area contributed by atoms with Crippen molar-refractivity contribution in [3.63, 3.8) is 0 Å². The number of amides is 1. The molecule has 1 N–H and O–H groups in total. The van der Waals surface area contributed by atoms with Crippen molar-refractivity contribution in [2.24, 2.45) is 0 Å². The minimum atomic E-state index is -3.63. The Kier molecular flexibility index (Phi) is 8.35. The molecule has 0 spiro atoms. The van der Waals surface area contributed by atoms with E-state index in [1.165, 1.54) is 0 Å². The molecule has 164 valence electrons. The van der Waals surface area contributed by atoms with E-state index in [0.717, 1.165) is 16.1 Å². The molecule has 0 radical (unpaired) electrons. The van der Waals surface area contributed by atoms with Crippen molar-refractivity contribution < 1.29 is 27.4 Å². The van der Waals surface area contributed by atoms with E-state index in [1.807, 2.05) is 19.1 Å². The second kappa shape index (κ2) is 10.7. The maximum Gasteiger partial charge on any atom is 0.240 e. The highest BCUT2D eigenvalue weighted by molar-refractivity contribution is 7.92. The highest BCUT2D eigenvalue weighted by Crippen LogP contribution is 2.27. The fourth-order valence-electron chi connectivity index (χ4n) is 2.84. The first-order valence-electron chi connectivity index (χ1n) is 9.46. The third-order valence-electron chi connectivity index (χ3n) is 4.31. The van der Waals surface area contributed by atoms with Crippen LogP contribution in [0.1, 0.15) is 12.5 Å². The summed E-state index contributed by atoms with van der Waals surface area (Å²) in [4.78, 5) is 12.4. The minimum Gasteiger partial charge on any atom is -0.494 e. The van der Waals surface area contributed by atoms with Crippen molar-refractivity contribution in [1.29, 1.82) is 0 Å². The molecule has 2 aromatic carbocycles. The van der Waals surface area contributed by atoms with Gasteiger partial charge in [-0.15, -0.1) is 0 Å². The molecule has 1 amide bonds. The maximum atomic E-state index is 12.4. The molecule has 2 aromatic rings. The van der Waals surface area contributed by atoms with Gasteiger partial charge in [0.15, 0.2) is 11.5 Å². The molecule has 2 rings (SSSR count). The van der Waals surface area contributed by atoms with Crippen molar-refractivity contribution in [1.82, 2.24) is 5.32 Å². The lowest BCUT2D eigenvalue weighted by molar-refractivity contribution is -0.119. The topological polar surface area (TPSA) is 94.2 Å². The molecule has 0 fully saturated rings. The fourth-order valence-corrected chi connectivity index (χ4v) is 3.70. The largest absolute Gasteiger partial charge is 0.494 e. The Balaban J connectivity index is 1.98. The zero-order chi connectivity index (χ0) is 22.1. The van der Waals surface area contributed by atoms with E-state index >= 15 is 0 Å². The number of carbonyl (C=O) groups excluding carboxylic acids is 1. The molecule has 30 heavy (non-hydrogen) atoms. The molecule has 8 nitrogen and oxygen atoms in total. The van der Waals surface area contributed by atoms with Gasteiger partial charge in [-0.2, -0.15) is 0 Å². The number of nitrogens with one attached hydrogen (secondary N) is 1. The van der Waals surface area contributed by atoms with Gasteiger partial charge in [-0.25, -0.2) is 8.42 Å². The molecule has 0 bridgehead atoms. The van der Waals surface area contributed by atoms with Crippen LogP contribution in [-0.2, 0) is 21.2 Å². The van der Waals surface area contributed by atoms with Gasteiger partial charge >= 0.3 is 0 Å². The Morgan fingerprint density at radius 1 is 1.03 bits per heavy atom. The van der Waals surface area contributed by atoms with Gasteiger partial charge in [0.1, 0.15) is 12.3 Å². The van der Waals surface area contributed by atoms with Gasteiger partial charge in [-0.05, 0) is 55.3 Å². The van der Waals surface area contributed by atoms with Crippen molar-refractivity contribution >= 4 is 21.6 Å². The van der Waals surface area contributed by atoms with E-state index in [1.54, 1.807) is 44.6 Å². The number of benzene rings is 2. The molecule has 0 aliphatic heterocycles. The normalized spacial score (nSPS) is 10.9. The molecule has 0 aromatic heterocycles. The molecule has 0 aliphatic rings. The van der Waals surface area contributed by atoms with Crippen LogP contribution in [0.25, 0.3) is 0 Å². The smallest absolute Gasteiger partial charge is 0.240 e. The van der Waals surface area contributed by atoms with E-state index in [9.17, 15) is 13.2 Å². The summed E-state index contributed by atoms with van der Waals surface area (Å²) in [6.07, 6.45) is 1.63. The van der Waals surface area contributed by atoms with Crippen molar-refractivity contribution in [3.05, 3.63) is 48.0 Å².